The van der Waals surface area contributed by atoms with Crippen LogP contribution < -0.4 is 5.32 Å². The molecule has 0 saturated heterocycles. The summed E-state index contributed by atoms with van der Waals surface area (Å²) in [6.07, 6.45) is 3.63. The Labute approximate surface area is 99.9 Å². The van der Waals surface area contributed by atoms with Crippen molar-refractivity contribution in [1.29, 1.82) is 0 Å². The van der Waals surface area contributed by atoms with Gasteiger partial charge in [-0.15, -0.1) is 0 Å². The van der Waals surface area contributed by atoms with E-state index in [2.05, 4.69) is 31.2 Å². The molecule has 1 aromatic rings. The SMILES string of the molecule is Cc1c(C(C)NC(C)CS(C)=O)cnn1C. The van der Waals surface area contributed by atoms with Crippen LogP contribution in [0.1, 0.15) is 31.1 Å². The Bertz CT molecular complexity index is 375. The molecule has 5 heteroatoms. The first-order valence-electron chi connectivity index (χ1n) is 5.46. The van der Waals surface area contributed by atoms with Crippen molar-refractivity contribution in [2.45, 2.75) is 32.9 Å². The maximum absolute atomic E-state index is 11.1. The molecule has 0 fully saturated rings. The normalized spacial score (nSPS) is 17.1. The number of aryl methyl sites for hydroxylation is 1. The van der Waals surface area contributed by atoms with Crippen LogP contribution >= 0.6 is 0 Å². The van der Waals surface area contributed by atoms with Gasteiger partial charge in [-0.3, -0.25) is 8.89 Å². The first kappa shape index (κ1) is 13.4. The zero-order valence-corrected chi connectivity index (χ0v) is 11.5. The first-order valence-corrected chi connectivity index (χ1v) is 7.19. The molecule has 0 aliphatic rings. The van der Waals surface area contributed by atoms with Gasteiger partial charge in [0.25, 0.3) is 0 Å². The molecule has 0 aromatic carbocycles. The Hall–Kier alpha value is -0.680. The molecule has 3 atom stereocenters. The molecule has 1 N–H and O–H groups in total. The third-order valence-corrected chi connectivity index (χ3v) is 3.73. The highest BCUT2D eigenvalue weighted by Gasteiger charge is 2.14. The fraction of sp³-hybridized carbons (Fsp3) is 0.727. The maximum atomic E-state index is 11.1. The molecule has 0 aliphatic heterocycles. The minimum atomic E-state index is -0.752. The van der Waals surface area contributed by atoms with Gasteiger partial charge >= 0.3 is 0 Å². The van der Waals surface area contributed by atoms with Gasteiger partial charge in [0.15, 0.2) is 0 Å². The topological polar surface area (TPSA) is 46.9 Å². The fourth-order valence-electron chi connectivity index (χ4n) is 1.86. The summed E-state index contributed by atoms with van der Waals surface area (Å²) in [5.74, 6) is 0.684. The van der Waals surface area contributed by atoms with E-state index in [1.165, 1.54) is 11.3 Å². The van der Waals surface area contributed by atoms with Crippen LogP contribution in [0.25, 0.3) is 0 Å². The van der Waals surface area contributed by atoms with E-state index in [9.17, 15) is 4.21 Å². The van der Waals surface area contributed by atoms with Gasteiger partial charge in [-0.2, -0.15) is 5.10 Å². The molecule has 1 aromatic heterocycles. The minimum Gasteiger partial charge on any atom is -0.307 e. The van der Waals surface area contributed by atoms with Crippen LogP contribution in [0.3, 0.4) is 0 Å². The summed E-state index contributed by atoms with van der Waals surface area (Å²) in [6, 6.07) is 0.493. The van der Waals surface area contributed by atoms with Gasteiger partial charge in [-0.05, 0) is 20.8 Å². The van der Waals surface area contributed by atoms with E-state index >= 15 is 0 Å². The van der Waals surface area contributed by atoms with Gasteiger partial charge in [0.1, 0.15) is 0 Å². The zero-order valence-electron chi connectivity index (χ0n) is 10.7. The number of aromatic nitrogens is 2. The Morgan fingerprint density at radius 1 is 1.56 bits per heavy atom. The summed E-state index contributed by atoms with van der Waals surface area (Å²) in [4.78, 5) is 0. The molecule has 0 saturated carbocycles. The molecule has 0 amide bonds. The molecule has 1 rings (SSSR count). The highest BCUT2D eigenvalue weighted by atomic mass is 32.2. The van der Waals surface area contributed by atoms with E-state index in [-0.39, 0.29) is 12.1 Å². The Morgan fingerprint density at radius 3 is 2.62 bits per heavy atom. The van der Waals surface area contributed by atoms with Crippen molar-refractivity contribution in [2.75, 3.05) is 12.0 Å². The predicted octanol–water partition coefficient (Wildman–Crippen LogP) is 1.15. The molecule has 0 aliphatic carbocycles. The van der Waals surface area contributed by atoms with Crippen LogP contribution in [0.4, 0.5) is 0 Å². The lowest BCUT2D eigenvalue weighted by Crippen LogP contribution is -2.33. The smallest absolute Gasteiger partial charge is 0.0540 e. The average Bonchev–Trinajstić information content (AvgIpc) is 2.45. The first-order chi connectivity index (χ1) is 7.41. The summed E-state index contributed by atoms with van der Waals surface area (Å²) in [7, 11) is 1.19. The molecule has 0 radical (unpaired) electrons. The molecule has 0 bridgehead atoms. The highest BCUT2D eigenvalue weighted by Crippen LogP contribution is 2.16. The second-order valence-electron chi connectivity index (χ2n) is 4.34. The van der Waals surface area contributed by atoms with Crippen LogP contribution in [-0.4, -0.2) is 32.0 Å². The fourth-order valence-corrected chi connectivity index (χ4v) is 2.66. The van der Waals surface area contributed by atoms with E-state index in [0.717, 1.165) is 0 Å². The summed E-state index contributed by atoms with van der Waals surface area (Å²) >= 11 is 0. The summed E-state index contributed by atoms with van der Waals surface area (Å²) < 4.78 is 13.0. The van der Waals surface area contributed by atoms with Crippen LogP contribution in [0, 0.1) is 6.92 Å². The molecule has 3 unspecified atom stereocenters. The van der Waals surface area contributed by atoms with E-state index in [4.69, 9.17) is 0 Å². The molecule has 16 heavy (non-hydrogen) atoms. The van der Waals surface area contributed by atoms with Crippen molar-refractivity contribution < 1.29 is 4.21 Å². The van der Waals surface area contributed by atoms with Crippen LogP contribution in [0.2, 0.25) is 0 Å². The van der Waals surface area contributed by atoms with Gasteiger partial charge in [-0.25, -0.2) is 0 Å². The van der Waals surface area contributed by atoms with Gasteiger partial charge in [0, 0.05) is 53.2 Å². The molecular weight excluding hydrogens is 222 g/mol. The van der Waals surface area contributed by atoms with Crippen LogP contribution in [0.5, 0.6) is 0 Å². The van der Waals surface area contributed by atoms with E-state index < -0.39 is 10.8 Å². The van der Waals surface area contributed by atoms with Crippen molar-refractivity contribution in [3.63, 3.8) is 0 Å². The van der Waals surface area contributed by atoms with Gasteiger partial charge in [0.05, 0.1) is 6.20 Å². The van der Waals surface area contributed by atoms with Gasteiger partial charge in [0.2, 0.25) is 0 Å². The van der Waals surface area contributed by atoms with Crippen molar-refractivity contribution in [3.8, 4) is 0 Å². The van der Waals surface area contributed by atoms with Crippen molar-refractivity contribution in [3.05, 3.63) is 17.5 Å². The standard InChI is InChI=1S/C11H21N3OS/c1-8(7-16(5)15)13-9(2)11-6-12-14(4)10(11)3/h6,8-9,13H,7H2,1-5H3. The largest absolute Gasteiger partial charge is 0.307 e. The summed E-state index contributed by atoms with van der Waals surface area (Å²) in [6.45, 7) is 6.23. The van der Waals surface area contributed by atoms with Crippen LogP contribution in [0.15, 0.2) is 6.20 Å². The third kappa shape index (κ3) is 3.42. The monoisotopic (exact) mass is 243 g/mol. The summed E-state index contributed by atoms with van der Waals surface area (Å²) in [5.41, 5.74) is 2.38. The van der Waals surface area contributed by atoms with Crippen LogP contribution in [-0.2, 0) is 17.8 Å². The lowest BCUT2D eigenvalue weighted by atomic mass is 10.1. The quantitative estimate of drug-likeness (QED) is 0.844. The second kappa shape index (κ2) is 5.59. The van der Waals surface area contributed by atoms with Crippen molar-refractivity contribution in [1.82, 2.24) is 15.1 Å². The number of nitrogens with one attached hydrogen (secondary N) is 1. The number of rotatable bonds is 5. The van der Waals surface area contributed by atoms with Gasteiger partial charge < -0.3 is 5.32 Å². The second-order valence-corrected chi connectivity index (χ2v) is 5.82. The number of hydrogen-bond acceptors (Lipinski definition) is 3. The van der Waals surface area contributed by atoms with Gasteiger partial charge in [-0.1, -0.05) is 0 Å². The number of nitrogens with zero attached hydrogens (tertiary/aromatic N) is 2. The minimum absolute atomic E-state index is 0.243. The van der Waals surface area contributed by atoms with Crippen molar-refractivity contribution >= 4 is 10.8 Å². The molecule has 4 nitrogen and oxygen atoms in total. The highest BCUT2D eigenvalue weighted by molar-refractivity contribution is 7.84. The Morgan fingerprint density at radius 2 is 2.19 bits per heavy atom. The van der Waals surface area contributed by atoms with E-state index in [0.29, 0.717) is 5.75 Å². The van der Waals surface area contributed by atoms with E-state index in [1.807, 2.05) is 17.9 Å². The average molecular weight is 243 g/mol. The molecule has 1 heterocycles. The zero-order chi connectivity index (χ0) is 12.3. The third-order valence-electron chi connectivity index (χ3n) is 2.76. The molecular formula is C11H21N3OS. The Kier molecular flexibility index (Phi) is 4.68. The lowest BCUT2D eigenvalue weighted by Gasteiger charge is -2.19. The maximum Gasteiger partial charge on any atom is 0.0540 e. The predicted molar refractivity (Wildman–Crippen MR) is 67.9 cm³/mol. The lowest BCUT2D eigenvalue weighted by molar-refractivity contribution is 0.506. The molecule has 92 valence electrons. The van der Waals surface area contributed by atoms with Crippen molar-refractivity contribution in [2.24, 2.45) is 7.05 Å². The summed E-state index contributed by atoms with van der Waals surface area (Å²) in [5, 5.41) is 7.66. The Balaban J connectivity index is 2.62. The van der Waals surface area contributed by atoms with E-state index in [1.54, 1.807) is 6.26 Å². The number of hydrogen-bond donors (Lipinski definition) is 1. The molecule has 0 spiro atoms.